The highest BCUT2D eigenvalue weighted by molar-refractivity contribution is 5.88. The lowest BCUT2D eigenvalue weighted by molar-refractivity contribution is 0.210. The highest BCUT2D eigenvalue weighted by Crippen LogP contribution is 2.35. The maximum Gasteiger partial charge on any atom is 0.127 e. The average molecular weight is 268 g/mol. The average Bonchev–Trinajstić information content (AvgIpc) is 2.92. The summed E-state index contributed by atoms with van der Waals surface area (Å²) in [5.41, 5.74) is 1.37. The van der Waals surface area contributed by atoms with Crippen LogP contribution in [0.3, 0.4) is 0 Å². The predicted molar refractivity (Wildman–Crippen MR) is 77.8 cm³/mol. The number of ether oxygens (including phenoxy) is 1. The van der Waals surface area contributed by atoms with Crippen LogP contribution in [0.15, 0.2) is 48.7 Å². The molecular weight excluding hydrogens is 252 g/mol. The summed E-state index contributed by atoms with van der Waals surface area (Å²) in [5, 5.41) is 17.0. The fourth-order valence-corrected chi connectivity index (χ4v) is 2.46. The van der Waals surface area contributed by atoms with Crippen molar-refractivity contribution in [1.29, 1.82) is 0 Å². The van der Waals surface area contributed by atoms with E-state index in [1.807, 2.05) is 55.7 Å². The molecule has 0 aliphatic heterocycles. The predicted octanol–water partition coefficient (Wildman–Crippen LogP) is 2.66. The van der Waals surface area contributed by atoms with E-state index in [0.29, 0.717) is 11.4 Å². The Balaban J connectivity index is 2.22. The number of aliphatic hydroxyl groups excluding tert-OH is 1. The number of fused-ring (bicyclic) bond motifs is 1. The van der Waals surface area contributed by atoms with E-state index in [2.05, 4.69) is 5.10 Å². The SMILES string of the molecule is COc1ccc2ccccc2c1C(O)c1ccn(C)n1. The van der Waals surface area contributed by atoms with Gasteiger partial charge in [0.1, 0.15) is 11.9 Å². The summed E-state index contributed by atoms with van der Waals surface area (Å²) in [5.74, 6) is 0.668. The van der Waals surface area contributed by atoms with Crippen molar-refractivity contribution < 1.29 is 9.84 Å². The Morgan fingerprint density at radius 1 is 1.15 bits per heavy atom. The molecule has 1 unspecified atom stereocenters. The zero-order valence-electron chi connectivity index (χ0n) is 11.4. The summed E-state index contributed by atoms with van der Waals surface area (Å²) < 4.78 is 7.09. The van der Waals surface area contributed by atoms with E-state index in [0.717, 1.165) is 16.3 Å². The first-order valence-corrected chi connectivity index (χ1v) is 6.44. The third-order valence-electron chi connectivity index (χ3n) is 3.44. The van der Waals surface area contributed by atoms with Crippen LogP contribution in [0.4, 0.5) is 0 Å². The lowest BCUT2D eigenvalue weighted by atomic mass is 9.97. The molecule has 1 atom stereocenters. The number of aliphatic hydroxyl groups is 1. The van der Waals surface area contributed by atoms with E-state index in [9.17, 15) is 5.11 Å². The molecule has 20 heavy (non-hydrogen) atoms. The standard InChI is InChI=1S/C16H16N2O2/c1-18-10-9-13(17-18)16(19)15-12-6-4-3-5-11(12)7-8-14(15)20-2/h3-10,16,19H,1-2H3. The van der Waals surface area contributed by atoms with Crippen LogP contribution in [0, 0.1) is 0 Å². The summed E-state index contributed by atoms with van der Waals surface area (Å²) in [6.45, 7) is 0. The fraction of sp³-hybridized carbons (Fsp3) is 0.188. The third-order valence-corrected chi connectivity index (χ3v) is 3.44. The molecule has 0 radical (unpaired) electrons. The Morgan fingerprint density at radius 3 is 2.65 bits per heavy atom. The van der Waals surface area contributed by atoms with E-state index in [4.69, 9.17) is 4.74 Å². The number of aromatic nitrogens is 2. The molecule has 0 saturated heterocycles. The molecule has 2 aromatic carbocycles. The quantitative estimate of drug-likeness (QED) is 0.794. The van der Waals surface area contributed by atoms with Crippen LogP contribution < -0.4 is 4.74 Å². The normalized spacial score (nSPS) is 12.6. The Bertz CT molecular complexity index is 749. The molecule has 3 rings (SSSR count). The smallest absolute Gasteiger partial charge is 0.127 e. The lowest BCUT2D eigenvalue weighted by Gasteiger charge is -2.16. The van der Waals surface area contributed by atoms with Gasteiger partial charge in [0.25, 0.3) is 0 Å². The van der Waals surface area contributed by atoms with E-state index < -0.39 is 6.10 Å². The minimum Gasteiger partial charge on any atom is -0.496 e. The summed E-state index contributed by atoms with van der Waals surface area (Å²) in [4.78, 5) is 0. The van der Waals surface area contributed by atoms with Crippen molar-refractivity contribution >= 4 is 10.8 Å². The molecule has 102 valence electrons. The van der Waals surface area contributed by atoms with Gasteiger partial charge in [-0.2, -0.15) is 5.10 Å². The van der Waals surface area contributed by atoms with Gasteiger partial charge in [0.2, 0.25) is 0 Å². The van der Waals surface area contributed by atoms with E-state index in [1.165, 1.54) is 0 Å². The highest BCUT2D eigenvalue weighted by Gasteiger charge is 2.20. The van der Waals surface area contributed by atoms with Crippen molar-refractivity contribution in [2.75, 3.05) is 7.11 Å². The number of hydrogen-bond acceptors (Lipinski definition) is 3. The zero-order chi connectivity index (χ0) is 14.1. The minimum atomic E-state index is -0.808. The number of methoxy groups -OCH3 is 1. The minimum absolute atomic E-state index is 0.613. The number of benzene rings is 2. The Hall–Kier alpha value is -2.33. The monoisotopic (exact) mass is 268 g/mol. The largest absolute Gasteiger partial charge is 0.496 e. The number of nitrogens with zero attached hydrogens (tertiary/aromatic N) is 2. The molecule has 0 bridgehead atoms. The first-order valence-electron chi connectivity index (χ1n) is 6.44. The van der Waals surface area contributed by atoms with E-state index >= 15 is 0 Å². The fourth-order valence-electron chi connectivity index (χ4n) is 2.46. The van der Waals surface area contributed by atoms with Crippen LogP contribution in [-0.2, 0) is 7.05 Å². The maximum atomic E-state index is 10.7. The van der Waals surface area contributed by atoms with Crippen LogP contribution in [0.2, 0.25) is 0 Å². The van der Waals surface area contributed by atoms with Gasteiger partial charge >= 0.3 is 0 Å². The van der Waals surface area contributed by atoms with Gasteiger partial charge in [-0.3, -0.25) is 4.68 Å². The molecule has 0 aliphatic rings. The van der Waals surface area contributed by atoms with Crippen LogP contribution in [-0.4, -0.2) is 22.0 Å². The van der Waals surface area contributed by atoms with Gasteiger partial charge in [-0.05, 0) is 22.9 Å². The first-order chi connectivity index (χ1) is 9.70. The second-order valence-corrected chi connectivity index (χ2v) is 4.72. The van der Waals surface area contributed by atoms with Crippen molar-refractivity contribution in [2.45, 2.75) is 6.10 Å². The molecule has 1 N–H and O–H groups in total. The molecule has 4 nitrogen and oxygen atoms in total. The molecule has 1 aromatic heterocycles. The molecule has 4 heteroatoms. The summed E-state index contributed by atoms with van der Waals surface area (Å²) in [7, 11) is 3.44. The third kappa shape index (κ3) is 2.04. The van der Waals surface area contributed by atoms with Crippen LogP contribution in [0.25, 0.3) is 10.8 Å². The van der Waals surface area contributed by atoms with Crippen LogP contribution in [0.1, 0.15) is 17.4 Å². The molecule has 0 amide bonds. The summed E-state index contributed by atoms with van der Waals surface area (Å²) in [6.07, 6.45) is 1.01. The van der Waals surface area contributed by atoms with Gasteiger partial charge in [-0.25, -0.2) is 0 Å². The van der Waals surface area contributed by atoms with E-state index in [1.54, 1.807) is 11.8 Å². The second kappa shape index (κ2) is 4.98. The molecule has 0 fully saturated rings. The molecule has 1 heterocycles. The van der Waals surface area contributed by atoms with Crippen molar-refractivity contribution in [3.05, 3.63) is 59.9 Å². The first kappa shape index (κ1) is 12.7. The van der Waals surface area contributed by atoms with Gasteiger partial charge in [-0.1, -0.05) is 30.3 Å². The Morgan fingerprint density at radius 2 is 1.95 bits per heavy atom. The molecule has 0 aliphatic carbocycles. The van der Waals surface area contributed by atoms with Gasteiger partial charge in [0, 0.05) is 18.8 Å². The number of hydrogen-bond donors (Lipinski definition) is 1. The molecule has 0 spiro atoms. The van der Waals surface area contributed by atoms with Crippen molar-refractivity contribution in [3.8, 4) is 5.75 Å². The Kier molecular flexibility index (Phi) is 3.16. The van der Waals surface area contributed by atoms with Gasteiger partial charge in [-0.15, -0.1) is 0 Å². The van der Waals surface area contributed by atoms with Crippen molar-refractivity contribution in [2.24, 2.45) is 7.05 Å². The van der Waals surface area contributed by atoms with Crippen LogP contribution in [0.5, 0.6) is 5.75 Å². The molecule has 0 saturated carbocycles. The van der Waals surface area contributed by atoms with E-state index in [-0.39, 0.29) is 0 Å². The van der Waals surface area contributed by atoms with Crippen LogP contribution >= 0.6 is 0 Å². The van der Waals surface area contributed by atoms with Gasteiger partial charge in [0.15, 0.2) is 0 Å². The molecule has 3 aromatic rings. The topological polar surface area (TPSA) is 47.3 Å². The summed E-state index contributed by atoms with van der Waals surface area (Å²) >= 11 is 0. The summed E-state index contributed by atoms with van der Waals surface area (Å²) in [6, 6.07) is 13.6. The highest BCUT2D eigenvalue weighted by atomic mass is 16.5. The Labute approximate surface area is 117 Å². The lowest BCUT2D eigenvalue weighted by Crippen LogP contribution is -2.05. The van der Waals surface area contributed by atoms with Gasteiger partial charge < -0.3 is 9.84 Å². The van der Waals surface area contributed by atoms with Crippen molar-refractivity contribution in [1.82, 2.24) is 9.78 Å². The second-order valence-electron chi connectivity index (χ2n) is 4.72. The number of rotatable bonds is 3. The molecular formula is C16H16N2O2. The van der Waals surface area contributed by atoms with Crippen molar-refractivity contribution in [3.63, 3.8) is 0 Å². The zero-order valence-corrected chi connectivity index (χ0v) is 11.4. The van der Waals surface area contributed by atoms with Gasteiger partial charge in [0.05, 0.1) is 12.8 Å². The number of aryl methyl sites for hydroxylation is 1. The maximum absolute atomic E-state index is 10.7.